The van der Waals surface area contributed by atoms with Crippen molar-refractivity contribution in [2.75, 3.05) is 13.1 Å². The Labute approximate surface area is 129 Å². The molecular formula is C16H21N3O3. The van der Waals surface area contributed by atoms with Crippen LogP contribution in [0.4, 0.5) is 0 Å². The monoisotopic (exact) mass is 303 g/mol. The molecule has 0 saturated carbocycles. The number of carbonyl (C=O) groups is 1. The molecule has 2 aromatic heterocycles. The van der Waals surface area contributed by atoms with Crippen LogP contribution in [-0.2, 0) is 12.8 Å². The lowest BCUT2D eigenvalue weighted by atomic mass is 9.97. The van der Waals surface area contributed by atoms with Gasteiger partial charge >= 0.3 is 0 Å². The van der Waals surface area contributed by atoms with Crippen LogP contribution >= 0.6 is 0 Å². The Bertz CT molecular complexity index is 647. The predicted molar refractivity (Wildman–Crippen MR) is 79.6 cm³/mol. The van der Waals surface area contributed by atoms with E-state index in [0.717, 1.165) is 38.0 Å². The van der Waals surface area contributed by atoms with Gasteiger partial charge in [-0.1, -0.05) is 19.0 Å². The second-order valence-corrected chi connectivity index (χ2v) is 5.61. The molecule has 1 fully saturated rings. The molecule has 2 aromatic rings. The first-order chi connectivity index (χ1) is 10.7. The highest BCUT2D eigenvalue weighted by atomic mass is 16.5. The fraction of sp³-hybridized carbons (Fsp3) is 0.562. The molecule has 3 heterocycles. The number of piperidine rings is 1. The third kappa shape index (κ3) is 2.91. The first-order valence-corrected chi connectivity index (χ1v) is 7.91. The predicted octanol–water partition coefficient (Wildman–Crippen LogP) is 2.81. The maximum atomic E-state index is 12.5. The maximum absolute atomic E-state index is 12.5. The molecule has 1 saturated heterocycles. The van der Waals surface area contributed by atoms with Gasteiger partial charge in [-0.05, 0) is 25.0 Å². The Morgan fingerprint density at radius 3 is 2.91 bits per heavy atom. The summed E-state index contributed by atoms with van der Waals surface area (Å²) >= 11 is 0. The standard InChI is InChI=1S/C16H21N3O3/c1-3-12-7-8-13(21-12)16(20)19-9-5-6-11(10-19)15-17-14(4-2)22-18-15/h7-8,11H,3-6,9-10H2,1-2H3/t11-/m0/s1. The van der Waals surface area contributed by atoms with Crippen LogP contribution in [0.3, 0.4) is 0 Å². The third-order valence-electron chi connectivity index (χ3n) is 4.08. The van der Waals surface area contributed by atoms with Crippen LogP contribution in [0.15, 0.2) is 21.1 Å². The first kappa shape index (κ1) is 14.8. The minimum Gasteiger partial charge on any atom is -0.456 e. The summed E-state index contributed by atoms with van der Waals surface area (Å²) in [6, 6.07) is 3.62. The van der Waals surface area contributed by atoms with E-state index < -0.39 is 0 Å². The van der Waals surface area contributed by atoms with E-state index in [1.54, 1.807) is 6.07 Å². The minimum atomic E-state index is -0.0522. The molecule has 0 spiro atoms. The Hall–Kier alpha value is -2.11. The van der Waals surface area contributed by atoms with Crippen molar-refractivity contribution in [3.05, 3.63) is 35.4 Å². The average molecular weight is 303 g/mol. The van der Waals surface area contributed by atoms with Gasteiger partial charge < -0.3 is 13.8 Å². The molecule has 22 heavy (non-hydrogen) atoms. The van der Waals surface area contributed by atoms with Crippen molar-refractivity contribution in [1.29, 1.82) is 0 Å². The summed E-state index contributed by atoms with van der Waals surface area (Å²) in [6.45, 7) is 5.35. The molecule has 0 aliphatic carbocycles. The lowest BCUT2D eigenvalue weighted by molar-refractivity contribution is 0.0669. The molecule has 0 radical (unpaired) electrons. The largest absolute Gasteiger partial charge is 0.456 e. The molecule has 1 atom stereocenters. The van der Waals surface area contributed by atoms with E-state index in [-0.39, 0.29) is 11.8 Å². The number of rotatable bonds is 4. The molecule has 6 heteroatoms. The molecule has 1 amide bonds. The second kappa shape index (κ2) is 6.34. The number of carbonyl (C=O) groups excluding carboxylic acids is 1. The second-order valence-electron chi connectivity index (χ2n) is 5.61. The normalized spacial score (nSPS) is 18.6. The van der Waals surface area contributed by atoms with Gasteiger partial charge in [-0.25, -0.2) is 0 Å². The van der Waals surface area contributed by atoms with Gasteiger partial charge in [0.25, 0.3) is 5.91 Å². The average Bonchev–Trinajstić information content (AvgIpc) is 3.23. The third-order valence-corrected chi connectivity index (χ3v) is 4.08. The molecule has 0 bridgehead atoms. The van der Waals surface area contributed by atoms with Gasteiger partial charge in [0.1, 0.15) is 5.76 Å². The van der Waals surface area contributed by atoms with Crippen molar-refractivity contribution in [2.24, 2.45) is 0 Å². The number of likely N-dealkylation sites (tertiary alicyclic amines) is 1. The van der Waals surface area contributed by atoms with Crippen LogP contribution in [0, 0.1) is 0 Å². The lowest BCUT2D eigenvalue weighted by Crippen LogP contribution is -2.39. The van der Waals surface area contributed by atoms with Gasteiger partial charge in [0.15, 0.2) is 11.6 Å². The van der Waals surface area contributed by atoms with Crippen LogP contribution in [0.2, 0.25) is 0 Å². The fourth-order valence-corrected chi connectivity index (χ4v) is 2.79. The zero-order chi connectivity index (χ0) is 15.5. The fourth-order valence-electron chi connectivity index (χ4n) is 2.79. The number of furan rings is 1. The number of hydrogen-bond donors (Lipinski definition) is 0. The summed E-state index contributed by atoms with van der Waals surface area (Å²) < 4.78 is 10.8. The molecule has 1 aliphatic rings. The van der Waals surface area contributed by atoms with Crippen molar-refractivity contribution in [3.63, 3.8) is 0 Å². The molecule has 118 valence electrons. The van der Waals surface area contributed by atoms with Crippen molar-refractivity contribution in [3.8, 4) is 0 Å². The highest BCUT2D eigenvalue weighted by Gasteiger charge is 2.29. The Balaban J connectivity index is 1.70. The Morgan fingerprint density at radius 1 is 1.36 bits per heavy atom. The van der Waals surface area contributed by atoms with Crippen molar-refractivity contribution < 1.29 is 13.7 Å². The van der Waals surface area contributed by atoms with E-state index in [2.05, 4.69) is 10.1 Å². The van der Waals surface area contributed by atoms with Gasteiger partial charge in [0, 0.05) is 31.8 Å². The summed E-state index contributed by atoms with van der Waals surface area (Å²) in [5.41, 5.74) is 0. The van der Waals surface area contributed by atoms with Crippen LogP contribution in [0.1, 0.15) is 60.6 Å². The van der Waals surface area contributed by atoms with Gasteiger partial charge in [-0.3, -0.25) is 4.79 Å². The zero-order valence-corrected chi connectivity index (χ0v) is 13.0. The minimum absolute atomic E-state index is 0.0522. The number of nitrogens with zero attached hydrogens (tertiary/aromatic N) is 3. The van der Waals surface area contributed by atoms with E-state index in [1.807, 2.05) is 24.8 Å². The van der Waals surface area contributed by atoms with Crippen LogP contribution in [0.25, 0.3) is 0 Å². The topological polar surface area (TPSA) is 72.4 Å². The number of aryl methyl sites for hydroxylation is 2. The SMILES string of the molecule is CCc1ccc(C(=O)N2CCC[C@H](c3noc(CC)n3)C2)o1. The number of amides is 1. The van der Waals surface area contributed by atoms with E-state index in [0.29, 0.717) is 24.0 Å². The van der Waals surface area contributed by atoms with Crippen molar-refractivity contribution >= 4 is 5.91 Å². The van der Waals surface area contributed by atoms with Crippen molar-refractivity contribution in [2.45, 2.75) is 45.4 Å². The molecule has 0 unspecified atom stereocenters. The highest BCUT2D eigenvalue weighted by molar-refractivity contribution is 5.91. The van der Waals surface area contributed by atoms with Crippen molar-refractivity contribution in [1.82, 2.24) is 15.0 Å². The summed E-state index contributed by atoms with van der Waals surface area (Å²) in [7, 11) is 0. The van der Waals surface area contributed by atoms with Crippen LogP contribution in [0.5, 0.6) is 0 Å². The maximum Gasteiger partial charge on any atom is 0.289 e. The first-order valence-electron chi connectivity index (χ1n) is 7.91. The highest BCUT2D eigenvalue weighted by Crippen LogP contribution is 2.26. The smallest absolute Gasteiger partial charge is 0.289 e. The summed E-state index contributed by atoms with van der Waals surface area (Å²) in [5, 5.41) is 4.05. The number of hydrogen-bond acceptors (Lipinski definition) is 5. The van der Waals surface area contributed by atoms with Gasteiger partial charge in [-0.15, -0.1) is 0 Å². The molecule has 0 N–H and O–H groups in total. The van der Waals surface area contributed by atoms with E-state index in [1.165, 1.54) is 0 Å². The van der Waals surface area contributed by atoms with Gasteiger partial charge in [0.2, 0.25) is 5.89 Å². The van der Waals surface area contributed by atoms with E-state index in [4.69, 9.17) is 8.94 Å². The van der Waals surface area contributed by atoms with Gasteiger partial charge in [0.05, 0.1) is 0 Å². The van der Waals surface area contributed by atoms with Crippen LogP contribution in [-0.4, -0.2) is 34.0 Å². The van der Waals surface area contributed by atoms with E-state index >= 15 is 0 Å². The molecular weight excluding hydrogens is 282 g/mol. The zero-order valence-electron chi connectivity index (χ0n) is 13.0. The van der Waals surface area contributed by atoms with E-state index in [9.17, 15) is 4.79 Å². The lowest BCUT2D eigenvalue weighted by Gasteiger charge is -2.30. The Kier molecular flexibility index (Phi) is 4.27. The molecule has 3 rings (SSSR count). The van der Waals surface area contributed by atoms with Crippen LogP contribution < -0.4 is 0 Å². The number of aromatic nitrogens is 2. The van der Waals surface area contributed by atoms with Gasteiger partial charge in [-0.2, -0.15) is 4.98 Å². The summed E-state index contributed by atoms with van der Waals surface area (Å²) in [4.78, 5) is 18.8. The summed E-state index contributed by atoms with van der Waals surface area (Å²) in [5.74, 6) is 2.70. The molecule has 6 nitrogen and oxygen atoms in total. The summed E-state index contributed by atoms with van der Waals surface area (Å²) in [6.07, 6.45) is 3.44. The molecule has 1 aliphatic heterocycles. The Morgan fingerprint density at radius 2 is 2.23 bits per heavy atom. The quantitative estimate of drug-likeness (QED) is 0.868. The molecule has 0 aromatic carbocycles.